The molecule has 2 radical (unpaired) electrons. The summed E-state index contributed by atoms with van der Waals surface area (Å²) in [5.74, 6) is 0.0833. The fraction of sp³-hybridized carbons (Fsp3) is 0.500. The van der Waals surface area contributed by atoms with Gasteiger partial charge in [0.1, 0.15) is 7.85 Å². The van der Waals surface area contributed by atoms with Crippen molar-refractivity contribution in [3.63, 3.8) is 0 Å². The van der Waals surface area contributed by atoms with E-state index >= 15 is 0 Å². The lowest BCUT2D eigenvalue weighted by atomic mass is 10.1. The zero-order chi connectivity index (χ0) is 2.99. The van der Waals surface area contributed by atoms with Crippen LogP contribution in [0.2, 0.25) is 0 Å². The molecule has 0 fully saturated rings. The van der Waals surface area contributed by atoms with E-state index in [0.29, 0.717) is 0 Å². The quantitative estimate of drug-likeness (QED) is 0.331. The Balaban J connectivity index is 2.32. The molecule has 0 saturated heterocycles. The van der Waals surface area contributed by atoms with Gasteiger partial charge in [-0.25, -0.2) is 0 Å². The Labute approximate surface area is 26.1 Å². The average Bonchev–Trinajstić information content (AvgIpc) is 1.75. The van der Waals surface area contributed by atoms with Crippen LogP contribution in [0, 0.1) is 0 Å². The molecular weight excluding hydrogens is 48.8 g/mol. The van der Waals surface area contributed by atoms with Crippen LogP contribution in [0.25, 0.3) is 0 Å². The van der Waals surface area contributed by atoms with Crippen LogP contribution < -0.4 is 0 Å². The molecule has 0 N–H and O–H groups in total. The fourth-order valence-electron chi connectivity index (χ4n) is 0.0497. The summed E-state index contributed by atoms with van der Waals surface area (Å²) in [5, 5.41) is 0. The number of hydrogen-bond acceptors (Lipinski definition) is 1. The molecule has 0 aromatic rings. The van der Waals surface area contributed by atoms with Crippen molar-refractivity contribution in [3.8, 4) is 0 Å². The summed E-state index contributed by atoms with van der Waals surface area (Å²) in [4.78, 5) is 3.56. The van der Waals surface area contributed by atoms with Crippen molar-refractivity contribution in [1.82, 2.24) is 0 Å². The molecule has 1 aliphatic heterocycles. The molecule has 0 aromatic carbocycles. The smallest absolute Gasteiger partial charge is 0.110 e. The SMILES string of the molecule is [B][C@@H]1C=N1. The Morgan fingerprint density at radius 1 is 2.00 bits per heavy atom. The van der Waals surface area contributed by atoms with E-state index in [-0.39, 0.29) is 5.94 Å². The van der Waals surface area contributed by atoms with Crippen molar-refractivity contribution >= 4 is 14.1 Å². The van der Waals surface area contributed by atoms with Gasteiger partial charge < -0.3 is 0 Å². The van der Waals surface area contributed by atoms with Crippen molar-refractivity contribution in [1.29, 1.82) is 0 Å². The molecule has 0 amide bonds. The van der Waals surface area contributed by atoms with Crippen LogP contribution in [0.5, 0.6) is 0 Å². The van der Waals surface area contributed by atoms with Gasteiger partial charge in [0.05, 0.1) is 0 Å². The lowest BCUT2D eigenvalue weighted by Crippen LogP contribution is -1.77. The average molecular weight is 50.9 g/mol. The van der Waals surface area contributed by atoms with Gasteiger partial charge in [0, 0.05) is 12.2 Å². The zero-order valence-electron chi connectivity index (χ0n) is 2.18. The number of hydrogen-bond donors (Lipinski definition) is 0. The molecule has 1 atom stereocenters. The van der Waals surface area contributed by atoms with Crippen molar-refractivity contribution in [2.24, 2.45) is 4.99 Å². The summed E-state index contributed by atoms with van der Waals surface area (Å²) >= 11 is 0. The predicted molar refractivity (Wildman–Crippen MR) is 18.0 cm³/mol. The number of nitrogens with zero attached hydrogens (tertiary/aromatic N) is 1. The second kappa shape index (κ2) is 0.367. The van der Waals surface area contributed by atoms with Crippen LogP contribution in [-0.4, -0.2) is 20.0 Å². The Bertz CT molecular complexity index is 44.0. The van der Waals surface area contributed by atoms with E-state index in [1.165, 1.54) is 0 Å². The van der Waals surface area contributed by atoms with Crippen LogP contribution in [0.15, 0.2) is 4.99 Å². The van der Waals surface area contributed by atoms with Crippen molar-refractivity contribution in [3.05, 3.63) is 0 Å². The van der Waals surface area contributed by atoms with E-state index in [0.717, 1.165) is 0 Å². The third-order valence-corrected chi connectivity index (χ3v) is 0.321. The monoisotopic (exact) mass is 51.0 g/mol. The molecule has 0 spiro atoms. The van der Waals surface area contributed by atoms with Gasteiger partial charge in [-0.2, -0.15) is 0 Å². The second-order valence-electron chi connectivity index (χ2n) is 0.789. The normalized spacial score (nSPS) is 35.5. The third kappa shape index (κ3) is 0.125. The van der Waals surface area contributed by atoms with Gasteiger partial charge in [0.15, 0.2) is 0 Å². The number of aliphatic imine (C=N–C) groups is 1. The molecule has 1 nitrogen and oxygen atoms in total. The molecule has 4 heavy (non-hydrogen) atoms. The van der Waals surface area contributed by atoms with Crippen LogP contribution in [0.1, 0.15) is 0 Å². The van der Waals surface area contributed by atoms with Crippen LogP contribution in [0.3, 0.4) is 0 Å². The maximum atomic E-state index is 5.00. The molecule has 1 heterocycles. The van der Waals surface area contributed by atoms with Crippen LogP contribution in [-0.2, 0) is 0 Å². The molecule has 0 aromatic heterocycles. The molecule has 0 unspecified atom stereocenters. The van der Waals surface area contributed by atoms with E-state index in [2.05, 4.69) is 4.99 Å². The Hall–Kier alpha value is -0.265. The summed E-state index contributed by atoms with van der Waals surface area (Å²) in [5.41, 5.74) is 0. The van der Waals surface area contributed by atoms with Crippen molar-refractivity contribution < 1.29 is 0 Å². The Morgan fingerprint density at radius 2 is 2.25 bits per heavy atom. The number of rotatable bonds is 0. The lowest BCUT2D eigenvalue weighted by molar-refractivity contribution is 1.45. The van der Waals surface area contributed by atoms with E-state index < -0.39 is 0 Å². The Kier molecular flexibility index (Phi) is 0.184. The molecule has 1 rings (SSSR count). The minimum atomic E-state index is 0.0833. The molecule has 2 heteroatoms. The van der Waals surface area contributed by atoms with Crippen molar-refractivity contribution in [2.45, 2.75) is 5.94 Å². The van der Waals surface area contributed by atoms with Gasteiger partial charge in [0.25, 0.3) is 0 Å². The standard InChI is InChI=1S/C2H2BN/c3-2-1-4-2/h1-2H/t2-/m0/s1. The van der Waals surface area contributed by atoms with E-state index in [9.17, 15) is 0 Å². The Morgan fingerprint density at radius 3 is 2.25 bits per heavy atom. The molecule has 18 valence electrons. The fourth-order valence-corrected chi connectivity index (χ4v) is 0.0497. The maximum Gasteiger partial charge on any atom is 0.110 e. The maximum absolute atomic E-state index is 5.00. The molecule has 1 aliphatic rings. The summed E-state index contributed by atoms with van der Waals surface area (Å²) in [6, 6.07) is 0. The van der Waals surface area contributed by atoms with Gasteiger partial charge in [0.2, 0.25) is 0 Å². The predicted octanol–water partition coefficient (Wildman–Crippen LogP) is -0.435. The highest BCUT2D eigenvalue weighted by Gasteiger charge is 1.99. The topological polar surface area (TPSA) is 12.4 Å². The molecule has 0 bridgehead atoms. The molecular formula is C2H2BN. The summed E-state index contributed by atoms with van der Waals surface area (Å²) < 4.78 is 0. The minimum Gasteiger partial charge on any atom is -0.297 e. The lowest BCUT2D eigenvalue weighted by Gasteiger charge is -1.53. The van der Waals surface area contributed by atoms with Gasteiger partial charge in [-0.3, -0.25) is 4.99 Å². The van der Waals surface area contributed by atoms with Crippen LogP contribution in [0.4, 0.5) is 0 Å². The van der Waals surface area contributed by atoms with E-state index in [1.807, 2.05) is 0 Å². The first kappa shape index (κ1) is 2.00. The van der Waals surface area contributed by atoms with Gasteiger partial charge in [-0.05, 0) is 0 Å². The van der Waals surface area contributed by atoms with Gasteiger partial charge in [-0.15, -0.1) is 0 Å². The first-order valence-electron chi connectivity index (χ1n) is 1.18. The van der Waals surface area contributed by atoms with E-state index in [1.54, 1.807) is 6.21 Å². The highest BCUT2D eigenvalue weighted by Crippen LogP contribution is 1.89. The molecule has 0 saturated carbocycles. The largest absolute Gasteiger partial charge is 0.297 e. The third-order valence-electron chi connectivity index (χ3n) is 0.321. The zero-order valence-corrected chi connectivity index (χ0v) is 2.18. The summed E-state index contributed by atoms with van der Waals surface area (Å²) in [7, 11) is 5.00. The van der Waals surface area contributed by atoms with Crippen LogP contribution >= 0.6 is 0 Å². The van der Waals surface area contributed by atoms with Gasteiger partial charge >= 0.3 is 0 Å². The summed E-state index contributed by atoms with van der Waals surface area (Å²) in [6.07, 6.45) is 1.69. The van der Waals surface area contributed by atoms with E-state index in [4.69, 9.17) is 7.85 Å². The van der Waals surface area contributed by atoms with Crippen molar-refractivity contribution in [2.75, 3.05) is 0 Å². The first-order valence-corrected chi connectivity index (χ1v) is 1.18. The summed E-state index contributed by atoms with van der Waals surface area (Å²) in [6.45, 7) is 0. The first-order chi connectivity index (χ1) is 1.89. The minimum absolute atomic E-state index is 0.0833. The van der Waals surface area contributed by atoms with Gasteiger partial charge in [-0.1, -0.05) is 0 Å². The second-order valence-corrected chi connectivity index (χ2v) is 0.789. The molecule has 0 aliphatic carbocycles. The highest BCUT2D eigenvalue weighted by molar-refractivity contribution is 6.25. The highest BCUT2D eigenvalue weighted by atomic mass is 14.9.